The van der Waals surface area contributed by atoms with Crippen LogP contribution in [-0.4, -0.2) is 55.3 Å². The summed E-state index contributed by atoms with van der Waals surface area (Å²) in [4.78, 5) is 25.3. The summed E-state index contributed by atoms with van der Waals surface area (Å²) in [7, 11) is 1.31. The van der Waals surface area contributed by atoms with Gasteiger partial charge >= 0.3 is 12.1 Å². The van der Waals surface area contributed by atoms with Gasteiger partial charge in [0, 0.05) is 6.54 Å². The molecule has 0 aliphatic carbocycles. The number of ether oxygens (including phenoxy) is 2. The fraction of sp³-hybridized carbons (Fsp3) is 0.833. The van der Waals surface area contributed by atoms with Crippen LogP contribution in [0.1, 0.15) is 27.2 Å². The smallest absolute Gasteiger partial charge is 0.408 e. The lowest BCUT2D eigenvalue weighted by molar-refractivity contribution is -0.143. The van der Waals surface area contributed by atoms with Gasteiger partial charge in [0.05, 0.1) is 7.11 Å². The molecule has 0 saturated carbocycles. The number of hydrogen-bond donors (Lipinski definition) is 1. The van der Waals surface area contributed by atoms with Crippen LogP contribution in [0.5, 0.6) is 0 Å². The maximum absolute atomic E-state index is 11.6. The van der Waals surface area contributed by atoms with E-state index in [-0.39, 0.29) is 0 Å². The molecule has 1 saturated heterocycles. The van der Waals surface area contributed by atoms with Crippen LogP contribution in [-0.2, 0) is 14.3 Å². The molecular formula is C12H22N2O4. The van der Waals surface area contributed by atoms with Crippen molar-refractivity contribution in [3.63, 3.8) is 0 Å². The third kappa shape index (κ3) is 4.91. The molecule has 104 valence electrons. The van der Waals surface area contributed by atoms with Gasteiger partial charge in [0.25, 0.3) is 0 Å². The van der Waals surface area contributed by atoms with Crippen LogP contribution in [0.15, 0.2) is 0 Å². The van der Waals surface area contributed by atoms with E-state index in [0.29, 0.717) is 6.54 Å². The van der Waals surface area contributed by atoms with E-state index in [9.17, 15) is 9.59 Å². The molecule has 0 radical (unpaired) electrons. The zero-order chi connectivity index (χ0) is 13.8. The summed E-state index contributed by atoms with van der Waals surface area (Å²) in [6.07, 6.45) is 0.527. The summed E-state index contributed by atoms with van der Waals surface area (Å²) >= 11 is 0. The topological polar surface area (TPSA) is 67.9 Å². The van der Waals surface area contributed by atoms with Crippen molar-refractivity contribution in [2.75, 3.05) is 26.7 Å². The van der Waals surface area contributed by atoms with Crippen LogP contribution in [0, 0.1) is 0 Å². The van der Waals surface area contributed by atoms with Crippen molar-refractivity contribution < 1.29 is 19.1 Å². The van der Waals surface area contributed by atoms with Gasteiger partial charge in [-0.25, -0.2) is 9.59 Å². The first kappa shape index (κ1) is 14.8. The van der Waals surface area contributed by atoms with Gasteiger partial charge in [-0.2, -0.15) is 0 Å². The number of esters is 1. The molecule has 0 unspecified atom stereocenters. The zero-order valence-electron chi connectivity index (χ0n) is 11.5. The van der Waals surface area contributed by atoms with Crippen molar-refractivity contribution >= 4 is 12.1 Å². The molecule has 1 heterocycles. The summed E-state index contributed by atoms with van der Waals surface area (Å²) < 4.78 is 9.80. The Morgan fingerprint density at radius 1 is 1.33 bits per heavy atom. The monoisotopic (exact) mass is 258 g/mol. The van der Waals surface area contributed by atoms with Crippen molar-refractivity contribution in [2.24, 2.45) is 0 Å². The summed E-state index contributed by atoms with van der Waals surface area (Å²) in [5.41, 5.74) is -0.582. The van der Waals surface area contributed by atoms with Gasteiger partial charge in [-0.1, -0.05) is 0 Å². The number of nitrogens with zero attached hydrogens (tertiary/aromatic N) is 1. The van der Waals surface area contributed by atoms with E-state index in [2.05, 4.69) is 15.0 Å². The predicted molar refractivity (Wildman–Crippen MR) is 66.2 cm³/mol. The molecule has 1 N–H and O–H groups in total. The number of methoxy groups -OCH3 is 1. The Morgan fingerprint density at radius 3 is 2.33 bits per heavy atom. The largest absolute Gasteiger partial charge is 0.467 e. The number of rotatable bonds is 4. The van der Waals surface area contributed by atoms with Crippen LogP contribution in [0.2, 0.25) is 0 Å². The van der Waals surface area contributed by atoms with Crippen molar-refractivity contribution in [3.05, 3.63) is 0 Å². The highest BCUT2D eigenvalue weighted by Crippen LogP contribution is 2.09. The van der Waals surface area contributed by atoms with Crippen molar-refractivity contribution in [1.29, 1.82) is 0 Å². The Hall–Kier alpha value is -1.30. The standard InChI is InChI=1S/C12H22N2O4/c1-12(2,3)18-11(16)13-9(10(15)17-4)8-14-6-5-7-14/h9H,5-8H2,1-4H3,(H,13,16)/t9-/m0/s1. The lowest BCUT2D eigenvalue weighted by Crippen LogP contribution is -2.53. The second-order valence-electron chi connectivity index (χ2n) is 5.38. The minimum absolute atomic E-state index is 0.451. The van der Waals surface area contributed by atoms with E-state index in [1.165, 1.54) is 7.11 Å². The molecule has 1 atom stereocenters. The maximum Gasteiger partial charge on any atom is 0.408 e. The highest BCUT2D eigenvalue weighted by molar-refractivity contribution is 5.81. The highest BCUT2D eigenvalue weighted by atomic mass is 16.6. The molecule has 1 aliphatic rings. The first-order valence-corrected chi connectivity index (χ1v) is 6.11. The fourth-order valence-electron chi connectivity index (χ4n) is 1.59. The highest BCUT2D eigenvalue weighted by Gasteiger charge is 2.28. The van der Waals surface area contributed by atoms with Crippen LogP contribution < -0.4 is 5.32 Å². The van der Waals surface area contributed by atoms with E-state index in [4.69, 9.17) is 4.74 Å². The summed E-state index contributed by atoms with van der Waals surface area (Å²) in [6, 6.07) is -0.676. The predicted octanol–water partition coefficient (Wildman–Crippen LogP) is 0.758. The second kappa shape index (κ2) is 6.04. The number of alkyl carbamates (subject to hydrolysis) is 1. The summed E-state index contributed by atoms with van der Waals surface area (Å²) in [6.45, 7) is 7.68. The summed E-state index contributed by atoms with van der Waals surface area (Å²) in [5.74, 6) is -0.451. The average molecular weight is 258 g/mol. The lowest BCUT2D eigenvalue weighted by Gasteiger charge is -2.33. The van der Waals surface area contributed by atoms with Crippen LogP contribution in [0.25, 0.3) is 0 Å². The molecule has 1 amide bonds. The Bertz CT molecular complexity index is 308. The molecule has 0 aromatic heterocycles. The third-order valence-electron chi connectivity index (χ3n) is 2.57. The molecule has 0 aromatic rings. The average Bonchev–Trinajstić information content (AvgIpc) is 2.17. The minimum atomic E-state index is -0.676. The van der Waals surface area contributed by atoms with Crippen molar-refractivity contribution in [2.45, 2.75) is 38.8 Å². The fourth-order valence-corrected chi connectivity index (χ4v) is 1.59. The Balaban J connectivity index is 2.49. The SMILES string of the molecule is COC(=O)[C@H](CN1CCC1)NC(=O)OC(C)(C)C. The van der Waals surface area contributed by atoms with E-state index in [1.54, 1.807) is 20.8 Å². The Morgan fingerprint density at radius 2 is 1.94 bits per heavy atom. The van der Waals surface area contributed by atoms with E-state index in [1.807, 2.05) is 0 Å². The number of carbonyl (C=O) groups excluding carboxylic acids is 2. The Labute approximate surface area is 108 Å². The van der Waals surface area contributed by atoms with Gasteiger partial charge in [-0.15, -0.1) is 0 Å². The van der Waals surface area contributed by atoms with E-state index in [0.717, 1.165) is 19.5 Å². The molecule has 18 heavy (non-hydrogen) atoms. The van der Waals surface area contributed by atoms with Gasteiger partial charge in [0.1, 0.15) is 11.6 Å². The molecule has 6 heteroatoms. The molecule has 6 nitrogen and oxygen atoms in total. The number of nitrogens with one attached hydrogen (secondary N) is 1. The Kier molecular flexibility index (Phi) is 4.95. The normalized spacial score (nSPS) is 17.6. The zero-order valence-corrected chi connectivity index (χ0v) is 11.5. The maximum atomic E-state index is 11.6. The third-order valence-corrected chi connectivity index (χ3v) is 2.57. The number of likely N-dealkylation sites (tertiary alicyclic amines) is 1. The molecule has 1 aliphatic heterocycles. The second-order valence-corrected chi connectivity index (χ2v) is 5.38. The number of carbonyl (C=O) groups is 2. The van der Waals surface area contributed by atoms with E-state index < -0.39 is 23.7 Å². The molecule has 0 bridgehead atoms. The quantitative estimate of drug-likeness (QED) is 0.754. The first-order chi connectivity index (χ1) is 8.31. The minimum Gasteiger partial charge on any atom is -0.467 e. The van der Waals surface area contributed by atoms with Gasteiger partial charge in [-0.3, -0.25) is 0 Å². The number of amides is 1. The molecular weight excluding hydrogens is 236 g/mol. The summed E-state index contributed by atoms with van der Waals surface area (Å²) in [5, 5.41) is 2.55. The molecule has 0 aromatic carbocycles. The number of hydrogen-bond acceptors (Lipinski definition) is 5. The van der Waals surface area contributed by atoms with E-state index >= 15 is 0 Å². The molecule has 0 spiro atoms. The van der Waals surface area contributed by atoms with Gasteiger partial charge in [0.2, 0.25) is 0 Å². The van der Waals surface area contributed by atoms with Gasteiger partial charge in [-0.05, 0) is 40.3 Å². The molecule has 1 rings (SSSR count). The van der Waals surface area contributed by atoms with Gasteiger partial charge in [0.15, 0.2) is 0 Å². The lowest BCUT2D eigenvalue weighted by atomic mass is 10.2. The van der Waals surface area contributed by atoms with Crippen molar-refractivity contribution in [3.8, 4) is 0 Å². The van der Waals surface area contributed by atoms with Gasteiger partial charge < -0.3 is 19.7 Å². The molecule has 1 fully saturated rings. The van der Waals surface area contributed by atoms with Crippen LogP contribution in [0.3, 0.4) is 0 Å². The van der Waals surface area contributed by atoms with Crippen LogP contribution in [0.4, 0.5) is 4.79 Å². The van der Waals surface area contributed by atoms with Crippen LogP contribution >= 0.6 is 0 Å². The van der Waals surface area contributed by atoms with Crippen molar-refractivity contribution in [1.82, 2.24) is 10.2 Å². The first-order valence-electron chi connectivity index (χ1n) is 6.11.